The molecule has 1 aromatic rings. The van der Waals surface area contributed by atoms with Crippen molar-refractivity contribution in [1.29, 1.82) is 0 Å². The fourth-order valence-electron chi connectivity index (χ4n) is 4.29. The Bertz CT molecular complexity index is 584. The molecule has 3 rings (SSSR count). The van der Waals surface area contributed by atoms with E-state index in [1.54, 1.807) is 0 Å². The third-order valence-corrected chi connectivity index (χ3v) is 6.01. The first kappa shape index (κ1) is 19.2. The molecule has 2 heterocycles. The fourth-order valence-corrected chi connectivity index (χ4v) is 4.29. The number of aryl methyl sites for hydroxylation is 1. The van der Waals surface area contributed by atoms with Crippen molar-refractivity contribution in [3.05, 3.63) is 35.4 Å². The molecule has 5 heteroatoms. The number of carbonyl (C=O) groups is 1. The number of benzene rings is 1. The highest BCUT2D eigenvalue weighted by Gasteiger charge is 2.25. The van der Waals surface area contributed by atoms with Crippen LogP contribution in [0.1, 0.15) is 42.7 Å². The van der Waals surface area contributed by atoms with Crippen molar-refractivity contribution in [3.63, 3.8) is 0 Å². The van der Waals surface area contributed by atoms with Gasteiger partial charge in [0, 0.05) is 38.7 Å². The van der Waals surface area contributed by atoms with Crippen molar-refractivity contribution in [2.24, 2.45) is 5.92 Å². The summed E-state index contributed by atoms with van der Waals surface area (Å²) in [6.45, 7) is 7.80. The maximum absolute atomic E-state index is 12.6. The van der Waals surface area contributed by atoms with Gasteiger partial charge < -0.3 is 20.2 Å². The molecular weight excluding hydrogens is 326 g/mol. The summed E-state index contributed by atoms with van der Waals surface area (Å²) in [5.74, 6) is 0.917. The van der Waals surface area contributed by atoms with Crippen LogP contribution in [0.3, 0.4) is 0 Å². The maximum Gasteiger partial charge on any atom is 0.317 e. The summed E-state index contributed by atoms with van der Waals surface area (Å²) >= 11 is 0. The molecule has 0 aliphatic carbocycles. The van der Waals surface area contributed by atoms with Gasteiger partial charge in [-0.3, -0.25) is 0 Å². The number of hydrogen-bond donors (Lipinski definition) is 2. The summed E-state index contributed by atoms with van der Waals surface area (Å²) in [5, 5.41) is 12.3. The molecule has 26 heavy (non-hydrogen) atoms. The SMILES string of the molecule is Cc1ccccc1C1CCCN(C(=O)NCCN2CCC(CO)CC2)C1. The van der Waals surface area contributed by atoms with Gasteiger partial charge >= 0.3 is 6.03 Å². The Morgan fingerprint density at radius 2 is 1.96 bits per heavy atom. The summed E-state index contributed by atoms with van der Waals surface area (Å²) in [4.78, 5) is 16.9. The van der Waals surface area contributed by atoms with Crippen molar-refractivity contribution in [3.8, 4) is 0 Å². The van der Waals surface area contributed by atoms with Gasteiger partial charge in [0.1, 0.15) is 0 Å². The van der Waals surface area contributed by atoms with Crippen molar-refractivity contribution in [1.82, 2.24) is 15.1 Å². The number of urea groups is 1. The lowest BCUT2D eigenvalue weighted by atomic mass is 9.88. The van der Waals surface area contributed by atoms with Gasteiger partial charge in [0.15, 0.2) is 0 Å². The van der Waals surface area contributed by atoms with E-state index in [2.05, 4.69) is 41.4 Å². The van der Waals surface area contributed by atoms with Crippen LogP contribution in [0.25, 0.3) is 0 Å². The van der Waals surface area contributed by atoms with Crippen LogP contribution in [-0.4, -0.2) is 66.8 Å². The minimum Gasteiger partial charge on any atom is -0.396 e. The molecule has 1 aromatic carbocycles. The Morgan fingerprint density at radius 1 is 1.19 bits per heavy atom. The second-order valence-electron chi connectivity index (χ2n) is 7.84. The van der Waals surface area contributed by atoms with Crippen LogP contribution in [0.4, 0.5) is 4.79 Å². The number of piperidine rings is 2. The highest BCUT2D eigenvalue weighted by molar-refractivity contribution is 5.74. The molecule has 2 fully saturated rings. The second-order valence-corrected chi connectivity index (χ2v) is 7.84. The number of carbonyl (C=O) groups excluding carboxylic acids is 1. The van der Waals surface area contributed by atoms with Crippen molar-refractivity contribution >= 4 is 6.03 Å². The second kappa shape index (κ2) is 9.38. The summed E-state index contributed by atoms with van der Waals surface area (Å²) in [6.07, 6.45) is 4.36. The van der Waals surface area contributed by atoms with Crippen molar-refractivity contribution < 1.29 is 9.90 Å². The molecule has 0 spiro atoms. The molecule has 144 valence electrons. The van der Waals surface area contributed by atoms with E-state index in [0.717, 1.165) is 58.4 Å². The Labute approximate surface area is 157 Å². The number of likely N-dealkylation sites (tertiary alicyclic amines) is 2. The summed E-state index contributed by atoms with van der Waals surface area (Å²) in [6, 6.07) is 8.62. The fraction of sp³-hybridized carbons (Fsp3) is 0.667. The first-order valence-electron chi connectivity index (χ1n) is 10.1. The van der Waals surface area contributed by atoms with Gasteiger partial charge in [0.25, 0.3) is 0 Å². The lowest BCUT2D eigenvalue weighted by Gasteiger charge is -2.34. The molecule has 0 saturated carbocycles. The number of nitrogens with zero attached hydrogens (tertiary/aromatic N) is 2. The smallest absolute Gasteiger partial charge is 0.317 e. The van der Waals surface area contributed by atoms with E-state index in [-0.39, 0.29) is 6.03 Å². The summed E-state index contributed by atoms with van der Waals surface area (Å²) < 4.78 is 0. The van der Waals surface area contributed by atoms with E-state index in [1.165, 1.54) is 11.1 Å². The monoisotopic (exact) mass is 359 g/mol. The Kier molecular flexibility index (Phi) is 6.92. The first-order chi connectivity index (χ1) is 12.7. The molecule has 1 unspecified atom stereocenters. The van der Waals surface area contributed by atoms with Crippen molar-refractivity contribution in [2.75, 3.05) is 45.9 Å². The van der Waals surface area contributed by atoms with E-state index in [4.69, 9.17) is 0 Å². The average Bonchev–Trinajstić information content (AvgIpc) is 2.69. The molecule has 2 saturated heterocycles. The third kappa shape index (κ3) is 4.98. The molecule has 1 atom stereocenters. The van der Waals surface area contributed by atoms with Gasteiger partial charge in [-0.2, -0.15) is 0 Å². The van der Waals surface area contributed by atoms with Crippen LogP contribution < -0.4 is 5.32 Å². The summed E-state index contributed by atoms with van der Waals surface area (Å²) in [5.41, 5.74) is 2.71. The molecule has 0 radical (unpaired) electrons. The number of amides is 2. The Balaban J connectivity index is 1.42. The molecular formula is C21H33N3O2. The lowest BCUT2D eigenvalue weighted by Crippen LogP contribution is -2.47. The van der Waals surface area contributed by atoms with Gasteiger partial charge in [0.05, 0.1) is 0 Å². The zero-order valence-corrected chi connectivity index (χ0v) is 16.0. The van der Waals surface area contributed by atoms with Gasteiger partial charge in [-0.05, 0) is 62.7 Å². The zero-order chi connectivity index (χ0) is 18.4. The van der Waals surface area contributed by atoms with Crippen LogP contribution in [0.15, 0.2) is 24.3 Å². The molecule has 2 amide bonds. The number of aliphatic hydroxyl groups excluding tert-OH is 1. The van der Waals surface area contributed by atoms with Crippen LogP contribution in [-0.2, 0) is 0 Å². The van der Waals surface area contributed by atoms with Gasteiger partial charge in [0.2, 0.25) is 0 Å². The van der Waals surface area contributed by atoms with Crippen LogP contribution in [0.2, 0.25) is 0 Å². The number of rotatable bonds is 5. The minimum atomic E-state index is 0.0773. The van der Waals surface area contributed by atoms with Gasteiger partial charge in [-0.25, -0.2) is 4.79 Å². The number of aliphatic hydroxyl groups is 1. The van der Waals surface area contributed by atoms with Crippen molar-refractivity contribution in [2.45, 2.75) is 38.5 Å². The summed E-state index contributed by atoms with van der Waals surface area (Å²) in [7, 11) is 0. The topological polar surface area (TPSA) is 55.8 Å². The molecule has 2 N–H and O–H groups in total. The minimum absolute atomic E-state index is 0.0773. The van der Waals surface area contributed by atoms with Crippen LogP contribution in [0, 0.1) is 12.8 Å². The highest BCUT2D eigenvalue weighted by atomic mass is 16.3. The van der Waals surface area contributed by atoms with E-state index in [9.17, 15) is 9.90 Å². The predicted octanol–water partition coefficient (Wildman–Crippen LogP) is 2.59. The van der Waals surface area contributed by atoms with Crippen LogP contribution >= 0.6 is 0 Å². The largest absolute Gasteiger partial charge is 0.396 e. The maximum atomic E-state index is 12.6. The number of hydrogen-bond acceptors (Lipinski definition) is 3. The predicted molar refractivity (Wildman–Crippen MR) is 104 cm³/mol. The molecule has 0 aromatic heterocycles. The van der Waals surface area contributed by atoms with E-state index < -0.39 is 0 Å². The number of nitrogens with one attached hydrogen (secondary N) is 1. The average molecular weight is 360 g/mol. The van der Waals surface area contributed by atoms with Gasteiger partial charge in [-0.15, -0.1) is 0 Å². The molecule has 5 nitrogen and oxygen atoms in total. The zero-order valence-electron chi connectivity index (χ0n) is 16.0. The highest BCUT2D eigenvalue weighted by Crippen LogP contribution is 2.28. The first-order valence-corrected chi connectivity index (χ1v) is 10.1. The Morgan fingerprint density at radius 3 is 2.69 bits per heavy atom. The van der Waals surface area contributed by atoms with E-state index in [1.807, 2.05) is 4.90 Å². The Hall–Kier alpha value is -1.59. The van der Waals surface area contributed by atoms with E-state index in [0.29, 0.717) is 25.0 Å². The van der Waals surface area contributed by atoms with Crippen LogP contribution in [0.5, 0.6) is 0 Å². The quantitative estimate of drug-likeness (QED) is 0.850. The van der Waals surface area contributed by atoms with Gasteiger partial charge in [-0.1, -0.05) is 24.3 Å². The normalized spacial score (nSPS) is 22.4. The lowest BCUT2D eigenvalue weighted by molar-refractivity contribution is 0.131. The molecule has 2 aliphatic rings. The standard InChI is InChI=1S/C21H33N3O2/c1-17-5-2-3-7-20(17)19-6-4-11-24(15-19)21(26)22-10-14-23-12-8-18(16-25)9-13-23/h2-3,5,7,18-19,25H,4,6,8-16H2,1H3,(H,22,26). The third-order valence-electron chi connectivity index (χ3n) is 6.01. The molecule has 0 bridgehead atoms. The van der Waals surface area contributed by atoms with E-state index >= 15 is 0 Å². The molecule has 2 aliphatic heterocycles.